The summed E-state index contributed by atoms with van der Waals surface area (Å²) in [6.45, 7) is 9.92. The zero-order valence-electron chi connectivity index (χ0n) is 12.8. The lowest BCUT2D eigenvalue weighted by molar-refractivity contribution is -0.123. The summed E-state index contributed by atoms with van der Waals surface area (Å²) in [6.07, 6.45) is 2.43. The summed E-state index contributed by atoms with van der Waals surface area (Å²) < 4.78 is 5.13. The highest BCUT2D eigenvalue weighted by Crippen LogP contribution is 2.07. The van der Waals surface area contributed by atoms with E-state index in [1.54, 1.807) is 7.11 Å². The van der Waals surface area contributed by atoms with E-state index < -0.39 is 0 Å². The van der Waals surface area contributed by atoms with Gasteiger partial charge in [0.2, 0.25) is 5.91 Å². The first-order chi connectivity index (χ1) is 8.90. The van der Waals surface area contributed by atoms with E-state index in [0.717, 1.165) is 19.6 Å². The van der Waals surface area contributed by atoms with Gasteiger partial charge in [-0.15, -0.1) is 0 Å². The standard InChI is InChI=1S/C14H29N3O2/c1-14(2,3)16-13(18)11-17(8-9-19-4)10-12-6-5-7-15-12/h12,15H,5-11H2,1-4H3,(H,16,18). The van der Waals surface area contributed by atoms with Gasteiger partial charge in [0.25, 0.3) is 0 Å². The predicted molar refractivity (Wildman–Crippen MR) is 77.2 cm³/mol. The van der Waals surface area contributed by atoms with Crippen LogP contribution in [0.3, 0.4) is 0 Å². The first-order valence-corrected chi connectivity index (χ1v) is 7.16. The van der Waals surface area contributed by atoms with Crippen LogP contribution >= 0.6 is 0 Å². The summed E-state index contributed by atoms with van der Waals surface area (Å²) in [4.78, 5) is 14.2. The van der Waals surface area contributed by atoms with Crippen LogP contribution in [0.15, 0.2) is 0 Å². The topological polar surface area (TPSA) is 53.6 Å². The predicted octanol–water partition coefficient (Wildman–Crippen LogP) is 0.602. The molecule has 1 atom stereocenters. The van der Waals surface area contributed by atoms with E-state index >= 15 is 0 Å². The third-order valence-electron chi connectivity index (χ3n) is 3.13. The van der Waals surface area contributed by atoms with Gasteiger partial charge in [-0.2, -0.15) is 0 Å². The van der Waals surface area contributed by atoms with Crippen LogP contribution < -0.4 is 10.6 Å². The molecule has 0 aromatic carbocycles. The Morgan fingerprint density at radius 3 is 2.74 bits per heavy atom. The van der Waals surface area contributed by atoms with E-state index in [2.05, 4.69) is 15.5 Å². The van der Waals surface area contributed by atoms with Crippen LogP contribution in [0.4, 0.5) is 0 Å². The zero-order chi connectivity index (χ0) is 14.3. The SMILES string of the molecule is COCCN(CC(=O)NC(C)(C)C)CC1CCCN1. The second-order valence-corrected chi connectivity index (χ2v) is 6.32. The third kappa shape index (κ3) is 7.50. The third-order valence-corrected chi connectivity index (χ3v) is 3.13. The Morgan fingerprint density at radius 2 is 2.21 bits per heavy atom. The van der Waals surface area contributed by atoms with Crippen molar-refractivity contribution in [1.82, 2.24) is 15.5 Å². The van der Waals surface area contributed by atoms with Crippen LogP contribution in [0.1, 0.15) is 33.6 Å². The van der Waals surface area contributed by atoms with Crippen LogP contribution in [-0.2, 0) is 9.53 Å². The Morgan fingerprint density at radius 1 is 1.47 bits per heavy atom. The highest BCUT2D eigenvalue weighted by molar-refractivity contribution is 5.78. The van der Waals surface area contributed by atoms with Gasteiger partial charge in [-0.25, -0.2) is 0 Å². The van der Waals surface area contributed by atoms with E-state index in [4.69, 9.17) is 4.74 Å². The van der Waals surface area contributed by atoms with Crippen LogP contribution in [0.2, 0.25) is 0 Å². The molecule has 1 saturated heterocycles. The summed E-state index contributed by atoms with van der Waals surface area (Å²) in [5.41, 5.74) is -0.171. The van der Waals surface area contributed by atoms with Gasteiger partial charge >= 0.3 is 0 Å². The average molecular weight is 271 g/mol. The molecule has 1 fully saturated rings. The van der Waals surface area contributed by atoms with Gasteiger partial charge in [-0.05, 0) is 40.2 Å². The number of nitrogens with one attached hydrogen (secondary N) is 2. The minimum Gasteiger partial charge on any atom is -0.383 e. The molecule has 1 amide bonds. The molecule has 0 aromatic rings. The molecular formula is C14H29N3O2. The first-order valence-electron chi connectivity index (χ1n) is 7.16. The van der Waals surface area contributed by atoms with Gasteiger partial charge in [0.05, 0.1) is 13.2 Å². The van der Waals surface area contributed by atoms with E-state index in [1.165, 1.54) is 12.8 Å². The lowest BCUT2D eigenvalue weighted by atomic mass is 10.1. The number of nitrogens with zero attached hydrogens (tertiary/aromatic N) is 1. The number of hydrogen-bond acceptors (Lipinski definition) is 4. The Bertz CT molecular complexity index is 270. The lowest BCUT2D eigenvalue weighted by Gasteiger charge is -2.27. The minimum absolute atomic E-state index is 0.0848. The van der Waals surface area contributed by atoms with Crippen molar-refractivity contribution in [2.75, 3.05) is 39.9 Å². The smallest absolute Gasteiger partial charge is 0.234 e. The average Bonchev–Trinajstić information content (AvgIpc) is 2.75. The maximum Gasteiger partial charge on any atom is 0.234 e. The van der Waals surface area contributed by atoms with E-state index in [1.807, 2.05) is 20.8 Å². The van der Waals surface area contributed by atoms with Crippen molar-refractivity contribution >= 4 is 5.91 Å². The number of hydrogen-bond donors (Lipinski definition) is 2. The van der Waals surface area contributed by atoms with Gasteiger partial charge in [0, 0.05) is 31.8 Å². The van der Waals surface area contributed by atoms with Gasteiger partial charge in [0.1, 0.15) is 0 Å². The quantitative estimate of drug-likeness (QED) is 0.712. The van der Waals surface area contributed by atoms with Crippen molar-refractivity contribution in [1.29, 1.82) is 0 Å². The Kier molecular flexibility index (Phi) is 6.75. The largest absolute Gasteiger partial charge is 0.383 e. The Balaban J connectivity index is 2.41. The maximum atomic E-state index is 12.0. The van der Waals surface area contributed by atoms with Crippen LogP contribution in [0, 0.1) is 0 Å². The molecule has 0 bridgehead atoms. The monoisotopic (exact) mass is 271 g/mol. The van der Waals surface area contributed by atoms with Gasteiger partial charge in [-0.3, -0.25) is 9.69 Å². The normalized spacial score (nSPS) is 19.9. The molecule has 5 nitrogen and oxygen atoms in total. The summed E-state index contributed by atoms with van der Waals surface area (Å²) in [7, 11) is 1.70. The van der Waals surface area contributed by atoms with Crippen LogP contribution in [0.5, 0.6) is 0 Å². The first kappa shape index (κ1) is 16.4. The fourth-order valence-corrected chi connectivity index (χ4v) is 2.34. The highest BCUT2D eigenvalue weighted by atomic mass is 16.5. The number of rotatable bonds is 7. The van der Waals surface area contributed by atoms with Crippen LogP contribution in [-0.4, -0.2) is 62.3 Å². The summed E-state index contributed by atoms with van der Waals surface area (Å²) in [5.74, 6) is 0.0848. The number of methoxy groups -OCH3 is 1. The number of carbonyl (C=O) groups excluding carboxylic acids is 1. The number of ether oxygens (including phenoxy) is 1. The number of carbonyl (C=O) groups is 1. The second kappa shape index (κ2) is 7.82. The van der Waals surface area contributed by atoms with E-state index in [0.29, 0.717) is 19.2 Å². The van der Waals surface area contributed by atoms with Crippen molar-refractivity contribution in [3.8, 4) is 0 Å². The summed E-state index contributed by atoms with van der Waals surface area (Å²) in [6, 6.07) is 0.513. The van der Waals surface area contributed by atoms with Crippen molar-refractivity contribution < 1.29 is 9.53 Å². The highest BCUT2D eigenvalue weighted by Gasteiger charge is 2.21. The molecule has 1 rings (SSSR count). The molecule has 1 heterocycles. The van der Waals surface area contributed by atoms with Gasteiger partial charge in [-0.1, -0.05) is 0 Å². The lowest BCUT2D eigenvalue weighted by Crippen LogP contribution is -2.48. The molecule has 0 saturated carbocycles. The van der Waals surface area contributed by atoms with Crippen molar-refractivity contribution in [2.45, 2.75) is 45.2 Å². The molecule has 0 aliphatic carbocycles. The summed E-state index contributed by atoms with van der Waals surface area (Å²) in [5, 5.41) is 6.48. The van der Waals surface area contributed by atoms with E-state index in [9.17, 15) is 4.79 Å². The molecule has 0 aromatic heterocycles. The zero-order valence-corrected chi connectivity index (χ0v) is 12.8. The van der Waals surface area contributed by atoms with Crippen LogP contribution in [0.25, 0.3) is 0 Å². The minimum atomic E-state index is -0.171. The Hall–Kier alpha value is -0.650. The second-order valence-electron chi connectivity index (χ2n) is 6.32. The van der Waals surface area contributed by atoms with Crippen molar-refractivity contribution in [2.24, 2.45) is 0 Å². The molecule has 1 unspecified atom stereocenters. The molecule has 0 radical (unpaired) electrons. The molecule has 19 heavy (non-hydrogen) atoms. The van der Waals surface area contributed by atoms with Gasteiger partial charge < -0.3 is 15.4 Å². The maximum absolute atomic E-state index is 12.0. The molecular weight excluding hydrogens is 242 g/mol. The molecule has 112 valence electrons. The van der Waals surface area contributed by atoms with Gasteiger partial charge in [0.15, 0.2) is 0 Å². The molecule has 1 aliphatic rings. The molecule has 1 aliphatic heterocycles. The van der Waals surface area contributed by atoms with Crippen molar-refractivity contribution in [3.63, 3.8) is 0 Å². The summed E-state index contributed by atoms with van der Waals surface area (Å²) >= 11 is 0. The molecule has 5 heteroatoms. The van der Waals surface area contributed by atoms with Crippen molar-refractivity contribution in [3.05, 3.63) is 0 Å². The fourth-order valence-electron chi connectivity index (χ4n) is 2.34. The molecule has 0 spiro atoms. The van der Waals surface area contributed by atoms with E-state index in [-0.39, 0.29) is 11.4 Å². The fraction of sp³-hybridized carbons (Fsp3) is 0.929. The molecule has 2 N–H and O–H groups in total. The Labute approximate surface area is 117 Å². The number of amides is 1.